The lowest BCUT2D eigenvalue weighted by molar-refractivity contribution is 0.303. The van der Waals surface area contributed by atoms with E-state index in [1.165, 1.54) is 0 Å². The third-order valence-corrected chi connectivity index (χ3v) is 5.95. The van der Waals surface area contributed by atoms with Crippen LogP contribution in [-0.2, 0) is 9.84 Å². The molecule has 0 saturated carbocycles. The zero-order valence-corrected chi connectivity index (χ0v) is 15.0. The molecule has 1 aliphatic rings. The van der Waals surface area contributed by atoms with Gasteiger partial charge in [0, 0.05) is 18.3 Å². The predicted molar refractivity (Wildman–Crippen MR) is 96.0 cm³/mol. The Balaban J connectivity index is 2.15. The van der Waals surface area contributed by atoms with Crippen LogP contribution < -0.4 is 5.32 Å². The maximum atomic E-state index is 11.8. The number of sulfone groups is 1. The molecule has 0 bridgehead atoms. The van der Waals surface area contributed by atoms with Crippen molar-refractivity contribution in [2.45, 2.75) is 33.2 Å². The lowest BCUT2D eigenvalue weighted by Gasteiger charge is -2.32. The van der Waals surface area contributed by atoms with Crippen LogP contribution in [0.25, 0.3) is 0 Å². The Morgan fingerprint density at radius 1 is 1.41 bits per heavy atom. The minimum Gasteiger partial charge on any atom is -0.345 e. The molecule has 1 aliphatic heterocycles. The molecule has 0 amide bonds. The predicted octanol–water partition coefficient (Wildman–Crippen LogP) is 2.84. The Morgan fingerprint density at radius 2 is 2.09 bits per heavy atom. The van der Waals surface area contributed by atoms with Crippen molar-refractivity contribution in [2.75, 3.05) is 23.4 Å². The first-order valence-electron chi connectivity index (χ1n) is 7.62. The monoisotopic (exact) mass is 340 g/mol. The maximum Gasteiger partial charge on any atom is 0.173 e. The van der Waals surface area contributed by atoms with E-state index < -0.39 is 9.84 Å². The Bertz CT molecular complexity index is 641. The minimum absolute atomic E-state index is 0.0172. The number of nitrogens with zero attached hydrogens (tertiary/aromatic N) is 1. The molecule has 4 nitrogen and oxygen atoms in total. The minimum atomic E-state index is -2.92. The first-order chi connectivity index (χ1) is 10.3. The summed E-state index contributed by atoms with van der Waals surface area (Å²) in [7, 11) is -2.92. The van der Waals surface area contributed by atoms with E-state index in [1.54, 1.807) is 0 Å². The molecule has 22 heavy (non-hydrogen) atoms. The fraction of sp³-hybridized carbons (Fsp3) is 0.562. The van der Waals surface area contributed by atoms with Gasteiger partial charge in [0.1, 0.15) is 0 Å². The summed E-state index contributed by atoms with van der Waals surface area (Å²) in [5, 5.41) is 3.90. The Labute approximate surface area is 138 Å². The zero-order valence-electron chi connectivity index (χ0n) is 13.4. The molecule has 1 saturated heterocycles. The molecule has 0 aromatic heterocycles. The Morgan fingerprint density at radius 3 is 2.64 bits per heavy atom. The van der Waals surface area contributed by atoms with Gasteiger partial charge in [0.05, 0.1) is 11.5 Å². The van der Waals surface area contributed by atoms with Crippen LogP contribution in [0.1, 0.15) is 25.8 Å². The first kappa shape index (κ1) is 17.2. The van der Waals surface area contributed by atoms with Crippen molar-refractivity contribution in [1.29, 1.82) is 0 Å². The van der Waals surface area contributed by atoms with Crippen LogP contribution >= 0.6 is 12.2 Å². The highest BCUT2D eigenvalue weighted by Gasteiger charge is 2.33. The third-order valence-electron chi connectivity index (χ3n) is 3.86. The van der Waals surface area contributed by atoms with Crippen molar-refractivity contribution in [3.63, 3.8) is 0 Å². The SMILES string of the molecule is Cc1ccccc1NC(=S)N(CC(C)C)[C@@H]1CCS(=O)(=O)C1. The van der Waals surface area contributed by atoms with Gasteiger partial charge in [-0.25, -0.2) is 8.42 Å². The van der Waals surface area contributed by atoms with Gasteiger partial charge in [-0.3, -0.25) is 0 Å². The van der Waals surface area contributed by atoms with Crippen molar-refractivity contribution in [1.82, 2.24) is 4.90 Å². The molecule has 1 aromatic carbocycles. The molecule has 0 aliphatic carbocycles. The highest BCUT2D eigenvalue weighted by Crippen LogP contribution is 2.21. The van der Waals surface area contributed by atoms with Gasteiger partial charge in [-0.05, 0) is 43.1 Å². The molecule has 1 N–H and O–H groups in total. The van der Waals surface area contributed by atoms with E-state index in [4.69, 9.17) is 12.2 Å². The number of aryl methyl sites for hydroxylation is 1. The lowest BCUT2D eigenvalue weighted by atomic mass is 10.1. The van der Waals surface area contributed by atoms with E-state index in [-0.39, 0.29) is 17.5 Å². The fourth-order valence-corrected chi connectivity index (χ4v) is 4.78. The molecule has 2 rings (SSSR count). The van der Waals surface area contributed by atoms with Gasteiger partial charge >= 0.3 is 0 Å². The molecule has 1 aromatic rings. The van der Waals surface area contributed by atoms with E-state index >= 15 is 0 Å². The van der Waals surface area contributed by atoms with Gasteiger partial charge in [-0.15, -0.1) is 0 Å². The number of hydrogen-bond acceptors (Lipinski definition) is 3. The smallest absolute Gasteiger partial charge is 0.173 e. The van der Waals surface area contributed by atoms with Crippen LogP contribution in [0.5, 0.6) is 0 Å². The normalized spacial score (nSPS) is 20.1. The summed E-state index contributed by atoms with van der Waals surface area (Å²) < 4.78 is 23.6. The molecule has 1 atom stereocenters. The number of hydrogen-bond donors (Lipinski definition) is 1. The number of benzene rings is 1. The maximum absolute atomic E-state index is 11.8. The van der Waals surface area contributed by atoms with Gasteiger partial charge in [-0.2, -0.15) is 0 Å². The van der Waals surface area contributed by atoms with Gasteiger partial charge in [0.25, 0.3) is 0 Å². The van der Waals surface area contributed by atoms with Gasteiger partial charge < -0.3 is 10.2 Å². The summed E-state index contributed by atoms with van der Waals surface area (Å²) in [6.07, 6.45) is 0.657. The molecule has 122 valence electrons. The fourth-order valence-electron chi connectivity index (χ4n) is 2.71. The second-order valence-electron chi connectivity index (χ2n) is 6.35. The number of para-hydroxylation sites is 1. The van der Waals surface area contributed by atoms with Gasteiger partial charge in [0.15, 0.2) is 14.9 Å². The standard InChI is InChI=1S/C16H24N2O2S2/c1-12(2)10-18(14-8-9-22(19,20)11-14)16(21)17-15-7-5-4-6-13(15)3/h4-7,12,14H,8-11H2,1-3H3,(H,17,21)/t14-/m1/s1. The van der Waals surface area contributed by atoms with Crippen LogP contribution in [0.4, 0.5) is 5.69 Å². The van der Waals surface area contributed by atoms with Crippen LogP contribution in [0.3, 0.4) is 0 Å². The number of thiocarbonyl (C=S) groups is 1. The third kappa shape index (κ3) is 4.43. The van der Waals surface area contributed by atoms with Crippen LogP contribution in [-0.4, -0.2) is 42.5 Å². The highest BCUT2D eigenvalue weighted by molar-refractivity contribution is 7.91. The average molecular weight is 341 g/mol. The van der Waals surface area contributed by atoms with E-state index in [9.17, 15) is 8.42 Å². The largest absolute Gasteiger partial charge is 0.345 e. The van der Waals surface area contributed by atoms with Gasteiger partial charge in [-0.1, -0.05) is 32.0 Å². The van der Waals surface area contributed by atoms with E-state index in [2.05, 4.69) is 24.1 Å². The second-order valence-corrected chi connectivity index (χ2v) is 8.96. The van der Waals surface area contributed by atoms with Crippen molar-refractivity contribution in [2.24, 2.45) is 5.92 Å². The molecular formula is C16H24N2O2S2. The van der Waals surface area contributed by atoms with Crippen molar-refractivity contribution >= 4 is 32.9 Å². The number of nitrogens with one attached hydrogen (secondary N) is 1. The molecule has 0 unspecified atom stereocenters. The van der Waals surface area contributed by atoms with Crippen LogP contribution in [0, 0.1) is 12.8 Å². The number of rotatable bonds is 4. The summed E-state index contributed by atoms with van der Waals surface area (Å²) in [6.45, 7) is 7.02. The summed E-state index contributed by atoms with van der Waals surface area (Å²) in [6, 6.07) is 7.94. The molecule has 0 spiro atoms. The van der Waals surface area contributed by atoms with Crippen molar-refractivity contribution in [3.8, 4) is 0 Å². The summed E-state index contributed by atoms with van der Waals surface area (Å²) >= 11 is 5.57. The summed E-state index contributed by atoms with van der Waals surface area (Å²) in [4.78, 5) is 2.05. The lowest BCUT2D eigenvalue weighted by Crippen LogP contribution is -2.45. The molecular weight excluding hydrogens is 316 g/mol. The first-order valence-corrected chi connectivity index (χ1v) is 9.85. The van der Waals surface area contributed by atoms with Crippen LogP contribution in [0.2, 0.25) is 0 Å². The average Bonchev–Trinajstić information content (AvgIpc) is 2.78. The molecule has 1 heterocycles. The van der Waals surface area contributed by atoms with E-state index in [0.717, 1.165) is 17.8 Å². The Hall–Kier alpha value is -1.14. The quantitative estimate of drug-likeness (QED) is 0.854. The van der Waals surface area contributed by atoms with Crippen molar-refractivity contribution in [3.05, 3.63) is 29.8 Å². The summed E-state index contributed by atoms with van der Waals surface area (Å²) in [5.74, 6) is 0.883. The van der Waals surface area contributed by atoms with E-state index in [0.29, 0.717) is 17.5 Å². The topological polar surface area (TPSA) is 49.4 Å². The van der Waals surface area contributed by atoms with E-state index in [1.807, 2.05) is 31.2 Å². The highest BCUT2D eigenvalue weighted by atomic mass is 32.2. The number of anilines is 1. The molecule has 0 radical (unpaired) electrons. The molecule has 1 fully saturated rings. The Kier molecular flexibility index (Phi) is 5.45. The zero-order chi connectivity index (χ0) is 16.3. The van der Waals surface area contributed by atoms with Gasteiger partial charge in [0.2, 0.25) is 0 Å². The summed E-state index contributed by atoms with van der Waals surface area (Å²) in [5.41, 5.74) is 2.09. The molecule has 6 heteroatoms. The van der Waals surface area contributed by atoms with Crippen LogP contribution in [0.15, 0.2) is 24.3 Å². The second kappa shape index (κ2) is 6.96. The van der Waals surface area contributed by atoms with Crippen molar-refractivity contribution < 1.29 is 8.42 Å².